The predicted octanol–water partition coefficient (Wildman–Crippen LogP) is 3.77. The zero-order valence-corrected chi connectivity index (χ0v) is 14.3. The van der Waals surface area contributed by atoms with E-state index in [2.05, 4.69) is 10.1 Å². The Hall–Kier alpha value is -3.21. The molecule has 0 bridgehead atoms. The zero-order chi connectivity index (χ0) is 17.8. The number of nitrogens with zero attached hydrogens (tertiary/aromatic N) is 3. The number of carbonyl (C=O) groups excluding carboxylic acids is 1. The molecule has 1 aliphatic heterocycles. The van der Waals surface area contributed by atoms with Crippen molar-refractivity contribution in [1.82, 2.24) is 15.0 Å². The number of hydrogen-bond acceptors (Lipinski definition) is 4. The summed E-state index contributed by atoms with van der Waals surface area (Å²) in [4.78, 5) is 18.7. The third-order valence-electron chi connectivity index (χ3n) is 4.55. The molecule has 1 fully saturated rings. The molecule has 5 heteroatoms. The number of rotatable bonds is 4. The zero-order valence-electron chi connectivity index (χ0n) is 14.3. The van der Waals surface area contributed by atoms with E-state index in [1.807, 2.05) is 71.6 Å². The van der Waals surface area contributed by atoms with Crippen molar-refractivity contribution in [2.24, 2.45) is 0 Å². The molecular formula is C21H19N3O2. The molecule has 1 amide bonds. The highest BCUT2D eigenvalue weighted by molar-refractivity contribution is 5.92. The lowest BCUT2D eigenvalue weighted by Gasteiger charge is -2.13. The topological polar surface area (TPSA) is 59.2 Å². The summed E-state index contributed by atoms with van der Waals surface area (Å²) in [6.07, 6.45) is 4.32. The molecule has 2 aromatic carbocycles. The number of likely N-dealkylation sites (tertiary alicyclic amines) is 1. The van der Waals surface area contributed by atoms with Crippen LogP contribution in [0.5, 0.6) is 0 Å². The molecule has 0 radical (unpaired) electrons. The van der Waals surface area contributed by atoms with E-state index in [1.165, 1.54) is 0 Å². The molecule has 3 aromatic rings. The van der Waals surface area contributed by atoms with E-state index >= 15 is 0 Å². The maximum absolute atomic E-state index is 12.4. The van der Waals surface area contributed by atoms with Crippen LogP contribution in [0.4, 0.5) is 0 Å². The van der Waals surface area contributed by atoms with Gasteiger partial charge in [0.15, 0.2) is 5.82 Å². The van der Waals surface area contributed by atoms with Crippen molar-refractivity contribution >= 4 is 12.0 Å². The second kappa shape index (κ2) is 7.35. The maximum atomic E-state index is 12.4. The summed E-state index contributed by atoms with van der Waals surface area (Å²) in [5.74, 6) is 1.33. The Morgan fingerprint density at radius 3 is 2.58 bits per heavy atom. The number of hydrogen-bond donors (Lipinski definition) is 0. The van der Waals surface area contributed by atoms with Crippen molar-refractivity contribution in [3.05, 3.63) is 78.1 Å². The average molecular weight is 345 g/mol. The van der Waals surface area contributed by atoms with Gasteiger partial charge in [-0.1, -0.05) is 53.7 Å². The number of aromatic nitrogens is 2. The van der Waals surface area contributed by atoms with E-state index < -0.39 is 0 Å². The minimum absolute atomic E-state index is 0.0168. The van der Waals surface area contributed by atoms with Crippen molar-refractivity contribution in [3.8, 4) is 11.5 Å². The van der Waals surface area contributed by atoms with E-state index in [0.717, 1.165) is 17.5 Å². The molecule has 0 saturated carbocycles. The van der Waals surface area contributed by atoms with Gasteiger partial charge in [0.1, 0.15) is 0 Å². The van der Waals surface area contributed by atoms with Crippen LogP contribution in [-0.2, 0) is 4.79 Å². The first-order valence-electron chi connectivity index (χ1n) is 8.70. The number of amides is 1. The lowest BCUT2D eigenvalue weighted by atomic mass is 10.1. The quantitative estimate of drug-likeness (QED) is 0.676. The minimum atomic E-state index is 0.0168. The summed E-state index contributed by atoms with van der Waals surface area (Å²) in [5.41, 5.74) is 1.92. The first-order valence-corrected chi connectivity index (χ1v) is 8.70. The maximum Gasteiger partial charge on any atom is 0.257 e. The van der Waals surface area contributed by atoms with Gasteiger partial charge >= 0.3 is 0 Å². The van der Waals surface area contributed by atoms with Crippen LogP contribution in [0.3, 0.4) is 0 Å². The lowest BCUT2D eigenvalue weighted by Crippen LogP contribution is -2.26. The van der Waals surface area contributed by atoms with Gasteiger partial charge in [-0.05, 0) is 30.2 Å². The lowest BCUT2D eigenvalue weighted by molar-refractivity contribution is -0.124. The van der Waals surface area contributed by atoms with Crippen molar-refractivity contribution < 1.29 is 9.32 Å². The standard InChI is InChI=1S/C21H19N3O2/c25-19(12-11-16-7-3-1-4-8-16)24-14-13-18(15-24)20-22-21(26-23-20)17-9-5-2-6-10-17/h1-12,18H,13-15H2/b12-11-/t18-/m0/s1. The number of carbonyl (C=O) groups is 1. The molecule has 0 N–H and O–H groups in total. The Labute approximate surface area is 152 Å². The first-order chi connectivity index (χ1) is 12.8. The largest absolute Gasteiger partial charge is 0.338 e. The molecule has 0 spiro atoms. The van der Waals surface area contributed by atoms with Crippen molar-refractivity contribution in [3.63, 3.8) is 0 Å². The molecule has 1 atom stereocenters. The molecular weight excluding hydrogens is 326 g/mol. The SMILES string of the molecule is O=C(/C=C\c1ccccc1)N1CC[C@H](c2noc(-c3ccccc3)n2)C1. The van der Waals surface area contributed by atoms with Crippen LogP contribution in [0.15, 0.2) is 71.3 Å². The minimum Gasteiger partial charge on any atom is -0.338 e. The van der Waals surface area contributed by atoms with Gasteiger partial charge in [-0.3, -0.25) is 4.79 Å². The molecule has 0 unspecified atom stereocenters. The monoisotopic (exact) mass is 345 g/mol. The molecule has 5 nitrogen and oxygen atoms in total. The Morgan fingerprint density at radius 1 is 1.08 bits per heavy atom. The third-order valence-corrected chi connectivity index (χ3v) is 4.55. The van der Waals surface area contributed by atoms with E-state index in [0.29, 0.717) is 24.8 Å². The van der Waals surface area contributed by atoms with Gasteiger partial charge in [-0.15, -0.1) is 0 Å². The summed E-state index contributed by atoms with van der Waals surface area (Å²) in [5, 5.41) is 4.12. The summed E-state index contributed by atoms with van der Waals surface area (Å²) in [6.45, 7) is 1.32. The smallest absolute Gasteiger partial charge is 0.257 e. The fourth-order valence-electron chi connectivity index (χ4n) is 3.11. The van der Waals surface area contributed by atoms with E-state index in [-0.39, 0.29) is 11.8 Å². The molecule has 26 heavy (non-hydrogen) atoms. The van der Waals surface area contributed by atoms with Crippen LogP contribution in [0.2, 0.25) is 0 Å². The molecule has 0 aliphatic carbocycles. The second-order valence-corrected chi connectivity index (χ2v) is 6.34. The highest BCUT2D eigenvalue weighted by atomic mass is 16.5. The van der Waals surface area contributed by atoms with Crippen LogP contribution in [0, 0.1) is 0 Å². The summed E-state index contributed by atoms with van der Waals surface area (Å²) >= 11 is 0. The van der Waals surface area contributed by atoms with E-state index in [9.17, 15) is 4.79 Å². The molecule has 1 aromatic heterocycles. The van der Waals surface area contributed by atoms with Gasteiger partial charge in [0.25, 0.3) is 5.89 Å². The van der Waals surface area contributed by atoms with Crippen LogP contribution in [0.25, 0.3) is 17.5 Å². The van der Waals surface area contributed by atoms with E-state index in [4.69, 9.17) is 4.52 Å². The van der Waals surface area contributed by atoms with Crippen molar-refractivity contribution in [2.75, 3.05) is 13.1 Å². The predicted molar refractivity (Wildman–Crippen MR) is 99.1 cm³/mol. The highest BCUT2D eigenvalue weighted by Crippen LogP contribution is 2.27. The molecule has 1 saturated heterocycles. The van der Waals surface area contributed by atoms with Crippen molar-refractivity contribution in [2.45, 2.75) is 12.3 Å². The Bertz CT molecular complexity index is 903. The van der Waals surface area contributed by atoms with Gasteiger partial charge in [0.2, 0.25) is 5.91 Å². The Kier molecular flexibility index (Phi) is 4.60. The van der Waals surface area contributed by atoms with Crippen LogP contribution in [-0.4, -0.2) is 34.0 Å². The molecule has 4 rings (SSSR count). The van der Waals surface area contributed by atoms with Gasteiger partial charge in [0.05, 0.1) is 0 Å². The highest BCUT2D eigenvalue weighted by Gasteiger charge is 2.29. The van der Waals surface area contributed by atoms with Gasteiger partial charge in [-0.25, -0.2) is 0 Å². The summed E-state index contributed by atoms with van der Waals surface area (Å²) in [6, 6.07) is 19.5. The van der Waals surface area contributed by atoms with Crippen LogP contribution >= 0.6 is 0 Å². The second-order valence-electron chi connectivity index (χ2n) is 6.34. The molecule has 1 aliphatic rings. The van der Waals surface area contributed by atoms with Crippen LogP contribution < -0.4 is 0 Å². The van der Waals surface area contributed by atoms with Crippen molar-refractivity contribution in [1.29, 1.82) is 0 Å². The van der Waals surface area contributed by atoms with Crippen LogP contribution in [0.1, 0.15) is 23.7 Å². The molecule has 130 valence electrons. The third kappa shape index (κ3) is 3.57. The fraction of sp³-hybridized carbons (Fsp3) is 0.190. The summed E-state index contributed by atoms with van der Waals surface area (Å²) in [7, 11) is 0. The van der Waals surface area contributed by atoms with Gasteiger partial charge in [-0.2, -0.15) is 4.98 Å². The first kappa shape index (κ1) is 16.3. The Morgan fingerprint density at radius 2 is 1.81 bits per heavy atom. The van der Waals surface area contributed by atoms with Gasteiger partial charge < -0.3 is 9.42 Å². The molecule has 2 heterocycles. The van der Waals surface area contributed by atoms with Gasteiger partial charge in [0, 0.05) is 30.6 Å². The normalized spacial score (nSPS) is 17.1. The fourth-order valence-corrected chi connectivity index (χ4v) is 3.11. The Balaban J connectivity index is 1.40. The average Bonchev–Trinajstić information content (AvgIpc) is 3.37. The summed E-state index contributed by atoms with van der Waals surface area (Å²) < 4.78 is 5.39. The van der Waals surface area contributed by atoms with E-state index in [1.54, 1.807) is 6.08 Å². The number of benzene rings is 2.